The van der Waals surface area contributed by atoms with E-state index in [9.17, 15) is 9.90 Å². The largest absolute Gasteiger partial charge is 0.507 e. The Morgan fingerprint density at radius 2 is 2.06 bits per heavy atom. The summed E-state index contributed by atoms with van der Waals surface area (Å²) in [6.45, 7) is 1.61. The van der Waals surface area contributed by atoms with E-state index in [0.717, 1.165) is 25.9 Å². The lowest BCUT2D eigenvalue weighted by Gasteiger charge is -2.33. The molecule has 0 saturated carbocycles. The Bertz CT molecular complexity index is 450. The van der Waals surface area contributed by atoms with Gasteiger partial charge in [0.2, 0.25) is 0 Å². The zero-order chi connectivity index (χ0) is 11.2. The first-order valence-electron chi connectivity index (χ1n) is 5.49. The molecule has 0 unspecified atom stereocenters. The molecule has 0 bridgehead atoms. The Kier molecular flexibility index (Phi) is 1.94. The van der Waals surface area contributed by atoms with Crippen LogP contribution >= 0.6 is 0 Å². The van der Waals surface area contributed by atoms with Crippen molar-refractivity contribution in [3.63, 3.8) is 0 Å². The highest BCUT2D eigenvalue weighted by atomic mass is 16.6. The van der Waals surface area contributed by atoms with Gasteiger partial charge in [0.15, 0.2) is 0 Å². The van der Waals surface area contributed by atoms with E-state index in [4.69, 9.17) is 4.74 Å². The molecule has 0 amide bonds. The third-order valence-corrected chi connectivity index (χ3v) is 3.42. The van der Waals surface area contributed by atoms with E-state index in [1.165, 1.54) is 0 Å². The number of carbonyl (C=O) groups excluding carboxylic acids is 1. The lowest BCUT2D eigenvalue weighted by molar-refractivity contribution is -0.0249. The van der Waals surface area contributed by atoms with Gasteiger partial charge < -0.3 is 15.2 Å². The highest BCUT2D eigenvalue weighted by molar-refractivity contribution is 5.95. The number of esters is 1. The molecule has 0 atom stereocenters. The van der Waals surface area contributed by atoms with Crippen molar-refractivity contribution in [2.75, 3.05) is 13.1 Å². The van der Waals surface area contributed by atoms with Gasteiger partial charge in [-0.25, -0.2) is 4.79 Å². The van der Waals surface area contributed by atoms with Crippen molar-refractivity contribution in [3.05, 3.63) is 29.3 Å². The number of ether oxygens (including phenoxy) is 1. The van der Waals surface area contributed by atoms with Gasteiger partial charge in [-0.1, -0.05) is 6.07 Å². The Balaban J connectivity index is 2.16. The summed E-state index contributed by atoms with van der Waals surface area (Å²) in [5, 5.41) is 13.1. The molecule has 1 saturated heterocycles. The van der Waals surface area contributed by atoms with Crippen LogP contribution in [0, 0.1) is 0 Å². The summed E-state index contributed by atoms with van der Waals surface area (Å²) in [5.74, 6) is -0.141. The fraction of sp³-hybridized carbons (Fsp3) is 0.417. The molecule has 84 valence electrons. The Morgan fingerprint density at radius 1 is 1.31 bits per heavy atom. The molecule has 3 rings (SSSR count). The van der Waals surface area contributed by atoms with Gasteiger partial charge in [-0.2, -0.15) is 0 Å². The topological polar surface area (TPSA) is 58.6 Å². The van der Waals surface area contributed by atoms with Crippen molar-refractivity contribution >= 4 is 5.97 Å². The number of phenolic OH excluding ortho intramolecular Hbond substituents is 1. The quantitative estimate of drug-likeness (QED) is 0.642. The second kappa shape index (κ2) is 3.22. The molecule has 1 aromatic rings. The first-order valence-corrected chi connectivity index (χ1v) is 5.49. The summed E-state index contributed by atoms with van der Waals surface area (Å²) in [5.41, 5.74) is 0.603. The number of hydrogen-bond acceptors (Lipinski definition) is 4. The molecule has 16 heavy (non-hydrogen) atoms. The molecule has 2 aliphatic rings. The lowest BCUT2D eigenvalue weighted by atomic mass is 9.84. The predicted molar refractivity (Wildman–Crippen MR) is 57.3 cm³/mol. The first kappa shape index (κ1) is 9.66. The zero-order valence-corrected chi connectivity index (χ0v) is 8.82. The van der Waals surface area contributed by atoms with Gasteiger partial charge in [0.05, 0.1) is 11.1 Å². The van der Waals surface area contributed by atoms with E-state index in [2.05, 4.69) is 5.32 Å². The van der Waals surface area contributed by atoms with Crippen LogP contribution < -0.4 is 5.32 Å². The lowest BCUT2D eigenvalue weighted by Crippen LogP contribution is -2.40. The second-order valence-electron chi connectivity index (χ2n) is 4.33. The van der Waals surface area contributed by atoms with Crippen LogP contribution in [0.25, 0.3) is 0 Å². The smallest absolute Gasteiger partial charge is 0.339 e. The van der Waals surface area contributed by atoms with E-state index in [-0.39, 0.29) is 11.7 Å². The molecule has 2 heterocycles. The van der Waals surface area contributed by atoms with Crippen LogP contribution in [-0.4, -0.2) is 24.2 Å². The standard InChI is InChI=1S/C12H13NO3/c14-9-3-1-2-8-10(9)12(16-11(8)15)4-6-13-7-5-12/h1-3,13-14H,4-7H2. The van der Waals surface area contributed by atoms with Crippen LogP contribution in [-0.2, 0) is 10.3 Å². The Hall–Kier alpha value is -1.55. The minimum absolute atomic E-state index is 0.172. The normalized spacial score (nSPS) is 21.9. The molecule has 0 aromatic heterocycles. The molecule has 2 aliphatic heterocycles. The van der Waals surface area contributed by atoms with Crippen molar-refractivity contribution in [2.45, 2.75) is 18.4 Å². The summed E-state index contributed by atoms with van der Waals surface area (Å²) < 4.78 is 5.50. The third kappa shape index (κ3) is 1.16. The van der Waals surface area contributed by atoms with Crippen molar-refractivity contribution in [1.82, 2.24) is 5.32 Å². The maximum absolute atomic E-state index is 11.7. The van der Waals surface area contributed by atoms with Gasteiger partial charge in [0, 0.05) is 12.8 Å². The number of fused-ring (bicyclic) bond motifs is 2. The third-order valence-electron chi connectivity index (χ3n) is 3.42. The monoisotopic (exact) mass is 219 g/mol. The van der Waals surface area contributed by atoms with E-state index in [0.29, 0.717) is 11.1 Å². The van der Waals surface area contributed by atoms with Gasteiger partial charge in [0.1, 0.15) is 11.4 Å². The van der Waals surface area contributed by atoms with Crippen molar-refractivity contribution < 1.29 is 14.6 Å². The summed E-state index contributed by atoms with van der Waals surface area (Å²) >= 11 is 0. The summed E-state index contributed by atoms with van der Waals surface area (Å²) in [7, 11) is 0. The van der Waals surface area contributed by atoms with Gasteiger partial charge in [-0.05, 0) is 25.2 Å². The van der Waals surface area contributed by atoms with Gasteiger partial charge >= 0.3 is 5.97 Å². The molecular weight excluding hydrogens is 206 g/mol. The van der Waals surface area contributed by atoms with E-state index >= 15 is 0 Å². The number of aromatic hydroxyl groups is 1. The molecule has 4 heteroatoms. The number of nitrogens with one attached hydrogen (secondary N) is 1. The number of benzene rings is 1. The van der Waals surface area contributed by atoms with Crippen molar-refractivity contribution in [1.29, 1.82) is 0 Å². The maximum Gasteiger partial charge on any atom is 0.339 e. The number of rotatable bonds is 0. The van der Waals surface area contributed by atoms with Crippen LogP contribution in [0.1, 0.15) is 28.8 Å². The Labute approximate surface area is 93.2 Å². The first-order chi connectivity index (χ1) is 7.73. The number of hydrogen-bond donors (Lipinski definition) is 2. The van der Waals surface area contributed by atoms with E-state index < -0.39 is 5.60 Å². The number of carbonyl (C=O) groups is 1. The molecule has 2 N–H and O–H groups in total. The fourth-order valence-electron chi connectivity index (χ4n) is 2.66. The predicted octanol–water partition coefficient (Wildman–Crippen LogP) is 1.14. The molecule has 1 aromatic carbocycles. The van der Waals surface area contributed by atoms with Crippen molar-refractivity contribution in [2.24, 2.45) is 0 Å². The highest BCUT2D eigenvalue weighted by Gasteiger charge is 2.47. The van der Waals surface area contributed by atoms with E-state index in [1.807, 2.05) is 0 Å². The molecule has 1 spiro atoms. The van der Waals surface area contributed by atoms with Crippen LogP contribution in [0.3, 0.4) is 0 Å². The number of piperidine rings is 1. The zero-order valence-electron chi connectivity index (χ0n) is 8.82. The maximum atomic E-state index is 11.7. The minimum Gasteiger partial charge on any atom is -0.507 e. The molecule has 0 radical (unpaired) electrons. The van der Waals surface area contributed by atoms with Crippen LogP contribution in [0.4, 0.5) is 0 Å². The van der Waals surface area contributed by atoms with Gasteiger partial charge in [-0.15, -0.1) is 0 Å². The minimum atomic E-state index is -0.594. The second-order valence-corrected chi connectivity index (χ2v) is 4.33. The molecule has 1 fully saturated rings. The summed E-state index contributed by atoms with van der Waals surface area (Å²) in [6, 6.07) is 5.01. The van der Waals surface area contributed by atoms with Gasteiger partial charge in [0.25, 0.3) is 0 Å². The SMILES string of the molecule is O=C1OC2(CCNCC2)c2c(O)cccc21. The Morgan fingerprint density at radius 3 is 2.81 bits per heavy atom. The van der Waals surface area contributed by atoms with Crippen LogP contribution in [0.2, 0.25) is 0 Å². The van der Waals surface area contributed by atoms with E-state index in [1.54, 1.807) is 18.2 Å². The molecule has 0 aliphatic carbocycles. The average Bonchev–Trinajstić information content (AvgIpc) is 2.55. The summed E-state index contributed by atoms with van der Waals surface area (Å²) in [4.78, 5) is 11.7. The average molecular weight is 219 g/mol. The molecule has 4 nitrogen and oxygen atoms in total. The van der Waals surface area contributed by atoms with Crippen LogP contribution in [0.5, 0.6) is 5.75 Å². The van der Waals surface area contributed by atoms with Crippen molar-refractivity contribution in [3.8, 4) is 5.75 Å². The molecular formula is C12H13NO3. The highest BCUT2D eigenvalue weighted by Crippen LogP contribution is 2.46. The number of phenols is 1. The van der Waals surface area contributed by atoms with Gasteiger partial charge in [-0.3, -0.25) is 0 Å². The fourth-order valence-corrected chi connectivity index (χ4v) is 2.66. The summed E-state index contributed by atoms with van der Waals surface area (Å²) in [6.07, 6.45) is 1.45. The van der Waals surface area contributed by atoms with Crippen LogP contribution in [0.15, 0.2) is 18.2 Å².